The number of benzene rings is 1. The van der Waals surface area contributed by atoms with Gasteiger partial charge in [0.1, 0.15) is 6.29 Å². The van der Waals surface area contributed by atoms with Crippen molar-refractivity contribution < 1.29 is 9.18 Å². The van der Waals surface area contributed by atoms with E-state index in [-0.39, 0.29) is 0 Å². The highest BCUT2D eigenvalue weighted by molar-refractivity contribution is 6.30. The molecule has 1 aromatic rings. The molecule has 0 amide bonds. The van der Waals surface area contributed by atoms with Crippen molar-refractivity contribution in [3.05, 3.63) is 53.1 Å². The van der Waals surface area contributed by atoms with Gasteiger partial charge in [-0.15, -0.1) is 0 Å². The fraction of sp³-hybridized carbons (Fsp3) is 0.389. The Bertz CT molecular complexity index is 417. The predicted molar refractivity (Wildman–Crippen MR) is 98.0 cm³/mol. The third-order valence-corrected chi connectivity index (χ3v) is 2.58. The monoisotopic (exact) mass is 329 g/mol. The van der Waals surface area contributed by atoms with Crippen LogP contribution in [-0.2, 0) is 4.79 Å². The molecule has 0 fully saturated rings. The second kappa shape index (κ2) is 21.8. The van der Waals surface area contributed by atoms with Crippen LogP contribution in [0.15, 0.2) is 42.5 Å². The summed E-state index contributed by atoms with van der Waals surface area (Å²) in [6, 6.07) is 7.87. The second-order valence-corrected chi connectivity index (χ2v) is 4.20. The largest absolute Gasteiger partial charge is 0.333 e. The topological polar surface area (TPSA) is 43.1 Å². The minimum Gasteiger partial charge on any atom is -0.333 e. The number of carbonyl (C=O) groups excluding carboxylic acids is 1. The quantitative estimate of drug-likeness (QED) is 0.588. The van der Waals surface area contributed by atoms with Gasteiger partial charge in [-0.2, -0.15) is 0 Å². The van der Waals surface area contributed by atoms with Crippen molar-refractivity contribution in [1.82, 2.24) is 0 Å². The van der Waals surface area contributed by atoms with Gasteiger partial charge in [-0.05, 0) is 50.6 Å². The number of halogens is 2. The van der Waals surface area contributed by atoms with Crippen LogP contribution in [0.25, 0.3) is 5.57 Å². The zero-order valence-electron chi connectivity index (χ0n) is 14.3. The lowest BCUT2D eigenvalue weighted by molar-refractivity contribution is -0.107. The molecule has 0 unspecified atom stereocenters. The molecular formula is C18H29ClFNO. The molecule has 22 heavy (non-hydrogen) atoms. The van der Waals surface area contributed by atoms with E-state index in [1.807, 2.05) is 44.2 Å². The van der Waals surface area contributed by atoms with E-state index in [0.717, 1.165) is 17.7 Å². The Morgan fingerprint density at radius 3 is 2.27 bits per heavy atom. The maximum absolute atomic E-state index is 9.63. The SMILES string of the molecule is C/C=C(\C)c1cccc(Cl)c1.CC/C=C/CC=O.CF.CN. The number of aldehydes is 1. The summed E-state index contributed by atoms with van der Waals surface area (Å²) >= 11 is 5.82. The first-order chi connectivity index (χ1) is 10.7. The summed E-state index contributed by atoms with van der Waals surface area (Å²) in [6.45, 7) is 6.14. The lowest BCUT2D eigenvalue weighted by Gasteiger charge is -1.99. The first-order valence-electron chi connectivity index (χ1n) is 7.08. The van der Waals surface area contributed by atoms with Crippen LogP contribution in [0.3, 0.4) is 0 Å². The fourth-order valence-electron chi connectivity index (χ4n) is 1.22. The lowest BCUT2D eigenvalue weighted by Crippen LogP contribution is -1.77. The molecule has 1 aromatic carbocycles. The Morgan fingerprint density at radius 1 is 1.27 bits per heavy atom. The summed E-state index contributed by atoms with van der Waals surface area (Å²) < 4.78 is 9.50. The van der Waals surface area contributed by atoms with Gasteiger partial charge in [-0.25, -0.2) is 0 Å². The number of hydrogen-bond donors (Lipinski definition) is 1. The number of allylic oxidation sites excluding steroid dienone is 4. The molecular weight excluding hydrogens is 301 g/mol. The molecule has 126 valence electrons. The van der Waals surface area contributed by atoms with Crippen LogP contribution in [0.1, 0.15) is 39.2 Å². The normalized spacial score (nSPS) is 9.55. The van der Waals surface area contributed by atoms with Crippen LogP contribution in [0.2, 0.25) is 5.02 Å². The molecule has 2 nitrogen and oxygen atoms in total. The van der Waals surface area contributed by atoms with Gasteiger partial charge in [0.2, 0.25) is 0 Å². The van der Waals surface area contributed by atoms with Crippen molar-refractivity contribution in [1.29, 1.82) is 0 Å². The van der Waals surface area contributed by atoms with Crippen LogP contribution in [0, 0.1) is 0 Å². The van der Waals surface area contributed by atoms with Crippen molar-refractivity contribution >= 4 is 23.5 Å². The van der Waals surface area contributed by atoms with Crippen molar-refractivity contribution in [2.45, 2.75) is 33.6 Å². The van der Waals surface area contributed by atoms with Gasteiger partial charge in [0, 0.05) is 11.4 Å². The average Bonchev–Trinajstić information content (AvgIpc) is 2.59. The average molecular weight is 330 g/mol. The van der Waals surface area contributed by atoms with Gasteiger partial charge in [0.05, 0.1) is 7.18 Å². The van der Waals surface area contributed by atoms with Gasteiger partial charge < -0.3 is 10.5 Å². The number of alkyl halides is 1. The van der Waals surface area contributed by atoms with Gasteiger partial charge in [-0.3, -0.25) is 4.39 Å². The summed E-state index contributed by atoms with van der Waals surface area (Å²) in [5.74, 6) is 0. The Hall–Kier alpha value is -1.45. The predicted octanol–water partition coefficient (Wildman–Crippen LogP) is 5.47. The smallest absolute Gasteiger partial charge is 0.123 e. The minimum atomic E-state index is 0.500. The highest BCUT2D eigenvalue weighted by Gasteiger charge is 1.93. The van der Waals surface area contributed by atoms with Crippen LogP contribution in [-0.4, -0.2) is 20.5 Å². The Labute approximate surface area is 139 Å². The molecule has 0 aromatic heterocycles. The zero-order valence-corrected chi connectivity index (χ0v) is 15.0. The third-order valence-electron chi connectivity index (χ3n) is 2.35. The molecule has 0 saturated heterocycles. The Kier molecular flexibility index (Phi) is 25.3. The van der Waals surface area contributed by atoms with E-state index in [1.165, 1.54) is 18.2 Å². The molecule has 0 saturated carbocycles. The number of nitrogens with two attached hydrogens (primary N) is 1. The molecule has 0 heterocycles. The summed E-state index contributed by atoms with van der Waals surface area (Å²) in [7, 11) is 2.00. The molecule has 0 radical (unpaired) electrons. The van der Waals surface area contributed by atoms with Crippen LogP contribution in [0.5, 0.6) is 0 Å². The molecule has 4 heteroatoms. The summed E-state index contributed by atoms with van der Waals surface area (Å²) in [6.07, 6.45) is 8.40. The molecule has 0 bridgehead atoms. The number of carbonyl (C=O) groups is 1. The standard InChI is InChI=1S/C10H11Cl.C6H10O.CH3F.CH5N/c1-3-8(2)9-5-4-6-10(11)7-9;1-2-3-4-5-6-7;2*1-2/h3-7H,1-2H3;3-4,6H,2,5H2,1H3;1H3;2H2,1H3/b8-3+;4-3+;;. The first-order valence-corrected chi connectivity index (χ1v) is 7.46. The van der Waals surface area contributed by atoms with Crippen molar-refractivity contribution in [3.8, 4) is 0 Å². The molecule has 0 aliphatic carbocycles. The first kappa shape index (κ1) is 25.5. The van der Waals surface area contributed by atoms with Gasteiger partial charge in [0.25, 0.3) is 0 Å². The molecule has 1 rings (SSSR count). The van der Waals surface area contributed by atoms with E-state index >= 15 is 0 Å². The van der Waals surface area contributed by atoms with Gasteiger partial charge >= 0.3 is 0 Å². The van der Waals surface area contributed by atoms with Crippen LogP contribution in [0.4, 0.5) is 4.39 Å². The molecule has 0 spiro atoms. The number of hydrogen-bond acceptors (Lipinski definition) is 2. The highest BCUT2D eigenvalue weighted by Crippen LogP contribution is 2.17. The molecule has 2 N–H and O–H groups in total. The maximum atomic E-state index is 9.63. The molecule has 0 aliphatic heterocycles. The van der Waals surface area contributed by atoms with E-state index in [2.05, 4.69) is 24.8 Å². The van der Waals surface area contributed by atoms with E-state index in [4.69, 9.17) is 11.6 Å². The van der Waals surface area contributed by atoms with E-state index in [1.54, 1.807) is 0 Å². The van der Waals surface area contributed by atoms with E-state index < -0.39 is 0 Å². The van der Waals surface area contributed by atoms with Gasteiger partial charge in [-0.1, -0.05) is 48.9 Å². The number of rotatable bonds is 4. The minimum absolute atomic E-state index is 0.500. The summed E-state index contributed by atoms with van der Waals surface area (Å²) in [4.78, 5) is 9.63. The van der Waals surface area contributed by atoms with Crippen LogP contribution >= 0.6 is 11.6 Å². The summed E-state index contributed by atoms with van der Waals surface area (Å²) in [5, 5.41) is 0.795. The highest BCUT2D eigenvalue weighted by atomic mass is 35.5. The van der Waals surface area contributed by atoms with Crippen molar-refractivity contribution in [3.63, 3.8) is 0 Å². The van der Waals surface area contributed by atoms with Crippen LogP contribution < -0.4 is 5.73 Å². The maximum Gasteiger partial charge on any atom is 0.123 e. The summed E-state index contributed by atoms with van der Waals surface area (Å²) in [5.41, 5.74) is 6.95. The van der Waals surface area contributed by atoms with E-state index in [9.17, 15) is 9.18 Å². The molecule has 0 aliphatic rings. The van der Waals surface area contributed by atoms with Gasteiger partial charge in [0.15, 0.2) is 0 Å². The Morgan fingerprint density at radius 2 is 1.86 bits per heavy atom. The zero-order chi connectivity index (χ0) is 17.8. The van der Waals surface area contributed by atoms with Crippen molar-refractivity contribution in [2.24, 2.45) is 5.73 Å². The van der Waals surface area contributed by atoms with E-state index in [0.29, 0.717) is 13.6 Å². The lowest BCUT2D eigenvalue weighted by atomic mass is 10.1. The second-order valence-electron chi connectivity index (χ2n) is 3.76. The third kappa shape index (κ3) is 16.6. The van der Waals surface area contributed by atoms with Crippen molar-refractivity contribution in [2.75, 3.05) is 14.2 Å². The fourth-order valence-corrected chi connectivity index (χ4v) is 1.41. The molecule has 0 atom stereocenters. The Balaban J connectivity index is -0.000000285.